The van der Waals surface area contributed by atoms with Crippen LogP contribution in [0.5, 0.6) is 0 Å². The summed E-state index contributed by atoms with van der Waals surface area (Å²) in [6.07, 6.45) is 0. The van der Waals surface area contributed by atoms with Crippen molar-refractivity contribution in [2.75, 3.05) is 4.72 Å². The molecule has 0 bridgehead atoms. The van der Waals surface area contributed by atoms with Gasteiger partial charge in [-0.05, 0) is 72.2 Å². The summed E-state index contributed by atoms with van der Waals surface area (Å²) >= 11 is 1.59. The summed E-state index contributed by atoms with van der Waals surface area (Å²) in [5, 5.41) is 8.92. The van der Waals surface area contributed by atoms with Gasteiger partial charge in [0.05, 0.1) is 11.6 Å². The topological polar surface area (TPSA) is 35.8 Å². The molecular weight excluding hydrogens is 288 g/mol. The third-order valence-corrected chi connectivity index (χ3v) is 4.67. The molecule has 0 aliphatic carbocycles. The van der Waals surface area contributed by atoms with Crippen molar-refractivity contribution >= 4 is 17.6 Å². The molecule has 0 aliphatic rings. The van der Waals surface area contributed by atoms with Crippen LogP contribution in [0.1, 0.15) is 43.0 Å². The highest BCUT2D eigenvalue weighted by Crippen LogP contribution is 2.30. The van der Waals surface area contributed by atoms with Crippen LogP contribution in [0.4, 0.5) is 5.69 Å². The van der Waals surface area contributed by atoms with E-state index >= 15 is 0 Å². The van der Waals surface area contributed by atoms with Gasteiger partial charge >= 0.3 is 0 Å². The van der Waals surface area contributed by atoms with E-state index in [1.165, 1.54) is 11.1 Å². The molecule has 0 amide bonds. The standard InChI is InChI=1S/C19H22N2S/c1-13-11-16(19(3,4)5)7-8-17(13)21-22-18-9-6-15(12-20)10-14(18)2/h6-11,21H,1-5H3. The number of nitrogens with one attached hydrogen (secondary N) is 1. The Morgan fingerprint density at radius 2 is 1.73 bits per heavy atom. The van der Waals surface area contributed by atoms with Gasteiger partial charge in [-0.15, -0.1) is 0 Å². The van der Waals surface area contributed by atoms with E-state index in [2.05, 4.69) is 56.7 Å². The summed E-state index contributed by atoms with van der Waals surface area (Å²) < 4.78 is 3.42. The highest BCUT2D eigenvalue weighted by molar-refractivity contribution is 8.00. The Labute approximate surface area is 137 Å². The molecule has 0 saturated heterocycles. The van der Waals surface area contributed by atoms with Gasteiger partial charge in [-0.1, -0.05) is 32.9 Å². The lowest BCUT2D eigenvalue weighted by Gasteiger charge is -2.21. The summed E-state index contributed by atoms with van der Waals surface area (Å²) in [5.74, 6) is 0. The van der Waals surface area contributed by atoms with Crippen molar-refractivity contribution in [3.05, 3.63) is 58.7 Å². The van der Waals surface area contributed by atoms with Gasteiger partial charge in [0.25, 0.3) is 0 Å². The van der Waals surface area contributed by atoms with Gasteiger partial charge in [0.2, 0.25) is 0 Å². The first-order chi connectivity index (χ1) is 10.3. The Morgan fingerprint density at radius 1 is 1.00 bits per heavy atom. The minimum absolute atomic E-state index is 0.167. The van der Waals surface area contributed by atoms with Crippen LogP contribution in [-0.4, -0.2) is 0 Å². The summed E-state index contributed by atoms with van der Waals surface area (Å²) in [5.41, 5.74) is 5.69. The second-order valence-electron chi connectivity index (χ2n) is 6.58. The van der Waals surface area contributed by atoms with E-state index in [0.717, 1.165) is 16.1 Å². The molecule has 0 saturated carbocycles. The number of benzene rings is 2. The normalized spacial score (nSPS) is 11.1. The lowest BCUT2D eigenvalue weighted by atomic mass is 9.86. The Balaban J connectivity index is 2.14. The van der Waals surface area contributed by atoms with E-state index in [1.807, 2.05) is 25.1 Å². The first-order valence-electron chi connectivity index (χ1n) is 7.36. The number of aryl methyl sites for hydroxylation is 2. The van der Waals surface area contributed by atoms with Gasteiger partial charge in [-0.2, -0.15) is 5.26 Å². The molecule has 0 aromatic heterocycles. The lowest BCUT2D eigenvalue weighted by Crippen LogP contribution is -2.11. The summed E-state index contributed by atoms with van der Waals surface area (Å²) in [7, 11) is 0. The molecule has 22 heavy (non-hydrogen) atoms. The molecule has 114 valence electrons. The van der Waals surface area contributed by atoms with E-state index in [-0.39, 0.29) is 5.41 Å². The minimum Gasteiger partial charge on any atom is -0.325 e. The summed E-state index contributed by atoms with van der Waals surface area (Å²) in [6.45, 7) is 10.8. The Morgan fingerprint density at radius 3 is 2.27 bits per heavy atom. The smallest absolute Gasteiger partial charge is 0.0991 e. The summed E-state index contributed by atoms with van der Waals surface area (Å²) in [6, 6.07) is 14.5. The second kappa shape index (κ2) is 6.46. The van der Waals surface area contributed by atoms with Gasteiger partial charge in [-0.25, -0.2) is 0 Å². The van der Waals surface area contributed by atoms with Gasteiger partial charge in [0.15, 0.2) is 0 Å². The quantitative estimate of drug-likeness (QED) is 0.750. The fraction of sp³-hybridized carbons (Fsp3) is 0.316. The van der Waals surface area contributed by atoms with Crippen molar-refractivity contribution in [1.29, 1.82) is 5.26 Å². The molecule has 0 spiro atoms. The molecule has 3 heteroatoms. The number of rotatable bonds is 3. The third-order valence-electron chi connectivity index (χ3n) is 3.67. The van der Waals surface area contributed by atoms with Crippen LogP contribution < -0.4 is 4.72 Å². The maximum Gasteiger partial charge on any atom is 0.0991 e. The minimum atomic E-state index is 0.167. The lowest BCUT2D eigenvalue weighted by molar-refractivity contribution is 0.590. The molecule has 0 aliphatic heterocycles. The first kappa shape index (κ1) is 16.5. The zero-order valence-electron chi connectivity index (χ0n) is 13.8. The maximum absolute atomic E-state index is 8.92. The van der Waals surface area contributed by atoms with Crippen molar-refractivity contribution in [2.24, 2.45) is 0 Å². The number of anilines is 1. The van der Waals surface area contributed by atoms with Crippen molar-refractivity contribution < 1.29 is 0 Å². The van der Waals surface area contributed by atoms with E-state index in [4.69, 9.17) is 5.26 Å². The van der Waals surface area contributed by atoms with Gasteiger partial charge in [0.1, 0.15) is 0 Å². The van der Waals surface area contributed by atoms with Crippen LogP contribution >= 0.6 is 11.9 Å². The summed E-state index contributed by atoms with van der Waals surface area (Å²) in [4.78, 5) is 1.14. The zero-order chi connectivity index (χ0) is 16.3. The predicted octanol–water partition coefficient (Wildman–Crippen LogP) is 5.59. The molecule has 0 radical (unpaired) electrons. The Bertz CT molecular complexity index is 721. The van der Waals surface area contributed by atoms with Crippen LogP contribution in [0.3, 0.4) is 0 Å². The Kier molecular flexibility index (Phi) is 4.83. The molecule has 2 nitrogen and oxygen atoms in total. The molecule has 0 unspecified atom stereocenters. The average molecular weight is 310 g/mol. The van der Waals surface area contributed by atoms with Crippen LogP contribution in [-0.2, 0) is 5.41 Å². The van der Waals surface area contributed by atoms with Crippen LogP contribution in [0.15, 0.2) is 41.3 Å². The number of nitrogens with zero attached hydrogens (tertiary/aromatic N) is 1. The maximum atomic E-state index is 8.92. The third kappa shape index (κ3) is 3.84. The van der Waals surface area contributed by atoms with Gasteiger partial charge in [0, 0.05) is 10.6 Å². The Hall–Kier alpha value is -1.92. The van der Waals surface area contributed by atoms with Gasteiger partial charge in [-0.3, -0.25) is 0 Å². The SMILES string of the molecule is Cc1cc(C(C)(C)C)ccc1NSc1ccc(C#N)cc1C. The molecular formula is C19H22N2S. The van der Waals surface area contributed by atoms with Gasteiger partial charge < -0.3 is 4.72 Å². The zero-order valence-corrected chi connectivity index (χ0v) is 14.6. The van der Waals surface area contributed by atoms with Crippen LogP contribution in [0.25, 0.3) is 0 Å². The highest BCUT2D eigenvalue weighted by Gasteiger charge is 2.14. The fourth-order valence-electron chi connectivity index (χ4n) is 2.19. The molecule has 2 aromatic rings. The van der Waals surface area contributed by atoms with E-state index in [0.29, 0.717) is 5.56 Å². The molecule has 1 N–H and O–H groups in total. The number of hydrogen-bond acceptors (Lipinski definition) is 3. The first-order valence-corrected chi connectivity index (χ1v) is 8.17. The van der Waals surface area contributed by atoms with E-state index in [1.54, 1.807) is 11.9 Å². The predicted molar refractivity (Wildman–Crippen MR) is 95.3 cm³/mol. The average Bonchev–Trinajstić information content (AvgIpc) is 2.46. The molecule has 0 fully saturated rings. The van der Waals surface area contributed by atoms with Crippen molar-refractivity contribution in [1.82, 2.24) is 0 Å². The van der Waals surface area contributed by atoms with Crippen molar-refractivity contribution in [3.8, 4) is 6.07 Å². The monoisotopic (exact) mass is 310 g/mol. The van der Waals surface area contributed by atoms with Crippen molar-refractivity contribution in [2.45, 2.75) is 44.9 Å². The number of nitriles is 1. The van der Waals surface area contributed by atoms with Crippen LogP contribution in [0.2, 0.25) is 0 Å². The molecule has 2 aromatic carbocycles. The van der Waals surface area contributed by atoms with E-state index in [9.17, 15) is 0 Å². The second-order valence-corrected chi connectivity index (χ2v) is 7.42. The molecule has 2 rings (SSSR count). The fourth-order valence-corrected chi connectivity index (χ4v) is 2.99. The molecule has 0 atom stereocenters. The van der Waals surface area contributed by atoms with E-state index < -0.39 is 0 Å². The molecule has 0 heterocycles. The van der Waals surface area contributed by atoms with Crippen molar-refractivity contribution in [3.63, 3.8) is 0 Å². The van der Waals surface area contributed by atoms with Crippen LogP contribution in [0, 0.1) is 25.2 Å². The largest absolute Gasteiger partial charge is 0.325 e. The number of hydrogen-bond donors (Lipinski definition) is 1. The highest BCUT2D eigenvalue weighted by atomic mass is 32.2.